The van der Waals surface area contributed by atoms with Gasteiger partial charge in [0.2, 0.25) is 5.91 Å². The van der Waals surface area contributed by atoms with Crippen molar-refractivity contribution in [1.29, 1.82) is 0 Å². The zero-order valence-electron chi connectivity index (χ0n) is 17.1. The van der Waals surface area contributed by atoms with Crippen molar-refractivity contribution in [1.82, 2.24) is 4.98 Å². The van der Waals surface area contributed by atoms with Crippen LogP contribution in [0.5, 0.6) is 5.75 Å². The maximum Gasteiger partial charge on any atom is 0.233 e. The van der Waals surface area contributed by atoms with Gasteiger partial charge in [0.25, 0.3) is 0 Å². The van der Waals surface area contributed by atoms with Crippen molar-refractivity contribution in [3.63, 3.8) is 0 Å². The molecule has 5 nitrogen and oxygen atoms in total. The van der Waals surface area contributed by atoms with Gasteiger partial charge in [0.15, 0.2) is 0 Å². The molecule has 7 heteroatoms. The third-order valence-electron chi connectivity index (χ3n) is 5.13. The number of aryl methyl sites for hydroxylation is 1. The minimum Gasteiger partial charge on any atom is -0.486 e. The van der Waals surface area contributed by atoms with E-state index < -0.39 is 0 Å². The third kappa shape index (κ3) is 4.62. The van der Waals surface area contributed by atoms with Crippen molar-refractivity contribution < 1.29 is 13.9 Å². The number of thiazole rings is 1. The molecule has 1 amide bonds. The minimum atomic E-state index is -0.342. The molecule has 3 aromatic rings. The Bertz CT molecular complexity index is 1040. The molecule has 0 saturated carbocycles. The number of carbonyl (C=O) groups excluding carboxylic acids is 1. The van der Waals surface area contributed by atoms with E-state index in [2.05, 4.69) is 9.88 Å². The SMILES string of the molecule is Cc1ccc(OCc2nc(CC(=O)N3CCCN(C)c4ccc(F)cc43)cs2)cc1. The van der Waals surface area contributed by atoms with Crippen LogP contribution in [0.15, 0.2) is 47.8 Å². The molecule has 0 bridgehead atoms. The average Bonchev–Trinajstić information content (AvgIpc) is 3.10. The lowest BCUT2D eigenvalue weighted by molar-refractivity contribution is -0.118. The van der Waals surface area contributed by atoms with Crippen molar-refractivity contribution >= 4 is 28.6 Å². The van der Waals surface area contributed by atoms with Crippen LogP contribution in [0.2, 0.25) is 0 Å². The van der Waals surface area contributed by atoms with Crippen LogP contribution >= 0.6 is 11.3 Å². The molecule has 0 atom stereocenters. The fourth-order valence-corrected chi connectivity index (χ4v) is 4.23. The Balaban J connectivity index is 1.43. The first-order valence-electron chi connectivity index (χ1n) is 9.93. The Kier molecular flexibility index (Phi) is 5.99. The Labute approximate surface area is 179 Å². The number of rotatable bonds is 5. The van der Waals surface area contributed by atoms with Gasteiger partial charge in [-0.05, 0) is 43.7 Å². The summed E-state index contributed by atoms with van der Waals surface area (Å²) in [4.78, 5) is 21.3. The predicted octanol–water partition coefficient (Wildman–Crippen LogP) is 4.59. The van der Waals surface area contributed by atoms with Crippen LogP contribution in [-0.4, -0.2) is 31.0 Å². The Morgan fingerprint density at radius 3 is 2.77 bits per heavy atom. The summed E-state index contributed by atoms with van der Waals surface area (Å²) in [7, 11) is 1.96. The van der Waals surface area contributed by atoms with Crippen LogP contribution in [-0.2, 0) is 17.8 Å². The topological polar surface area (TPSA) is 45.7 Å². The Morgan fingerprint density at radius 1 is 1.17 bits per heavy atom. The lowest BCUT2D eigenvalue weighted by Gasteiger charge is -2.24. The first kappa shape index (κ1) is 20.3. The number of ether oxygens (including phenoxy) is 1. The van der Waals surface area contributed by atoms with E-state index in [0.29, 0.717) is 24.5 Å². The fraction of sp³-hybridized carbons (Fsp3) is 0.304. The smallest absolute Gasteiger partial charge is 0.233 e. The van der Waals surface area contributed by atoms with Crippen molar-refractivity contribution in [3.8, 4) is 5.75 Å². The molecular weight excluding hydrogens is 401 g/mol. The molecule has 1 aromatic heterocycles. The summed E-state index contributed by atoms with van der Waals surface area (Å²) >= 11 is 1.48. The van der Waals surface area contributed by atoms with E-state index in [1.165, 1.54) is 29.0 Å². The summed E-state index contributed by atoms with van der Waals surface area (Å²) in [6, 6.07) is 12.5. The Hall–Kier alpha value is -2.93. The molecule has 1 aliphatic heterocycles. The molecule has 2 heterocycles. The van der Waals surface area contributed by atoms with E-state index in [-0.39, 0.29) is 18.1 Å². The summed E-state index contributed by atoms with van der Waals surface area (Å²) in [5, 5.41) is 2.71. The van der Waals surface area contributed by atoms with Crippen LogP contribution < -0.4 is 14.5 Å². The van der Waals surface area contributed by atoms with Crippen LogP contribution in [0, 0.1) is 12.7 Å². The number of benzene rings is 2. The normalized spacial score (nSPS) is 13.7. The second-order valence-electron chi connectivity index (χ2n) is 7.46. The molecule has 4 rings (SSSR count). The molecule has 0 radical (unpaired) electrons. The molecule has 0 spiro atoms. The van der Waals surface area contributed by atoms with Crippen LogP contribution in [0.1, 0.15) is 22.7 Å². The van der Waals surface area contributed by atoms with E-state index >= 15 is 0 Å². The number of aromatic nitrogens is 1. The number of anilines is 2. The fourth-order valence-electron chi connectivity index (χ4n) is 3.53. The second kappa shape index (κ2) is 8.83. The van der Waals surface area contributed by atoms with Gasteiger partial charge < -0.3 is 14.5 Å². The van der Waals surface area contributed by atoms with E-state index in [0.717, 1.165) is 29.4 Å². The van der Waals surface area contributed by atoms with Gasteiger partial charge in [-0.25, -0.2) is 9.37 Å². The summed E-state index contributed by atoms with van der Waals surface area (Å²) in [5.41, 5.74) is 3.38. The van der Waals surface area contributed by atoms with Crippen molar-refractivity contribution in [2.75, 3.05) is 29.9 Å². The standard InChI is InChI=1S/C23H24FN3O2S/c1-16-4-7-19(8-5-16)29-14-22-25-18(15-30-22)13-23(28)27-11-3-10-26(2)20-9-6-17(24)12-21(20)27/h4-9,12,15H,3,10-11,13-14H2,1-2H3. The second-order valence-corrected chi connectivity index (χ2v) is 8.41. The van der Waals surface area contributed by atoms with E-state index in [4.69, 9.17) is 4.74 Å². The van der Waals surface area contributed by atoms with Gasteiger partial charge in [-0.15, -0.1) is 11.3 Å². The maximum atomic E-state index is 13.9. The number of hydrogen-bond donors (Lipinski definition) is 0. The molecule has 30 heavy (non-hydrogen) atoms. The van der Waals surface area contributed by atoms with Gasteiger partial charge in [0.1, 0.15) is 23.2 Å². The number of nitrogens with zero attached hydrogens (tertiary/aromatic N) is 3. The highest BCUT2D eigenvalue weighted by Gasteiger charge is 2.24. The Morgan fingerprint density at radius 2 is 1.97 bits per heavy atom. The van der Waals surface area contributed by atoms with Gasteiger partial charge in [0.05, 0.1) is 23.5 Å². The molecule has 0 N–H and O–H groups in total. The van der Waals surface area contributed by atoms with Crippen LogP contribution in [0.4, 0.5) is 15.8 Å². The third-order valence-corrected chi connectivity index (χ3v) is 6.00. The first-order chi connectivity index (χ1) is 14.5. The maximum absolute atomic E-state index is 13.9. The molecule has 156 valence electrons. The largest absolute Gasteiger partial charge is 0.486 e. The molecule has 1 aliphatic rings. The number of halogens is 1. The first-order valence-corrected chi connectivity index (χ1v) is 10.8. The van der Waals surface area contributed by atoms with Crippen molar-refractivity contribution in [2.24, 2.45) is 0 Å². The van der Waals surface area contributed by atoms with Gasteiger partial charge >= 0.3 is 0 Å². The van der Waals surface area contributed by atoms with Crippen LogP contribution in [0.3, 0.4) is 0 Å². The highest BCUT2D eigenvalue weighted by atomic mass is 32.1. The van der Waals surface area contributed by atoms with Gasteiger partial charge in [-0.2, -0.15) is 0 Å². The molecule has 0 unspecified atom stereocenters. The molecule has 0 fully saturated rings. The molecule has 0 saturated heterocycles. The highest BCUT2D eigenvalue weighted by molar-refractivity contribution is 7.09. The highest BCUT2D eigenvalue weighted by Crippen LogP contribution is 2.32. The summed E-state index contributed by atoms with van der Waals surface area (Å²) < 4.78 is 19.7. The van der Waals surface area contributed by atoms with Crippen molar-refractivity contribution in [3.05, 3.63) is 69.9 Å². The number of hydrogen-bond acceptors (Lipinski definition) is 5. The van der Waals surface area contributed by atoms with E-state index in [1.54, 1.807) is 11.0 Å². The lowest BCUT2D eigenvalue weighted by atomic mass is 10.2. The van der Waals surface area contributed by atoms with Gasteiger partial charge in [-0.1, -0.05) is 17.7 Å². The predicted molar refractivity (Wildman–Crippen MR) is 118 cm³/mol. The zero-order chi connectivity index (χ0) is 21.1. The zero-order valence-corrected chi connectivity index (χ0v) is 17.9. The van der Waals surface area contributed by atoms with Gasteiger partial charge in [-0.3, -0.25) is 4.79 Å². The minimum absolute atomic E-state index is 0.0755. The summed E-state index contributed by atoms with van der Waals surface area (Å²) in [6.07, 6.45) is 1.01. The number of fused-ring (bicyclic) bond motifs is 1. The number of amides is 1. The monoisotopic (exact) mass is 425 g/mol. The van der Waals surface area contributed by atoms with Crippen molar-refractivity contribution in [2.45, 2.75) is 26.4 Å². The quantitative estimate of drug-likeness (QED) is 0.600. The van der Waals surface area contributed by atoms with Crippen LogP contribution in [0.25, 0.3) is 0 Å². The molecular formula is C23H24FN3O2S. The van der Waals surface area contributed by atoms with Gasteiger partial charge in [0, 0.05) is 25.5 Å². The summed E-state index contributed by atoms with van der Waals surface area (Å²) in [5.74, 6) is 0.375. The van der Waals surface area contributed by atoms with E-state index in [9.17, 15) is 9.18 Å². The molecule has 2 aromatic carbocycles. The number of carbonyl (C=O) groups is 1. The lowest BCUT2D eigenvalue weighted by Crippen LogP contribution is -2.33. The van der Waals surface area contributed by atoms with E-state index in [1.807, 2.05) is 43.6 Å². The summed E-state index contributed by atoms with van der Waals surface area (Å²) in [6.45, 7) is 3.78. The molecule has 0 aliphatic carbocycles. The average molecular weight is 426 g/mol.